The molecule has 0 atom stereocenters. The largest absolute Gasteiger partial charge is 0.444 e. The first-order valence-electron chi connectivity index (χ1n) is 5.98. The normalized spacial score (nSPS) is 23.9. The summed E-state index contributed by atoms with van der Waals surface area (Å²) in [6.07, 6.45) is 2.99. The molecule has 0 spiro atoms. The Labute approximate surface area is 96.6 Å². The van der Waals surface area contributed by atoms with Crippen LogP contribution in [0.25, 0.3) is 0 Å². The second-order valence-electron chi connectivity index (χ2n) is 6.21. The maximum Gasteiger partial charge on any atom is 0.410 e. The third kappa shape index (κ3) is 2.88. The molecule has 4 nitrogen and oxygen atoms in total. The second kappa shape index (κ2) is 3.62. The predicted octanol–water partition coefficient (Wildman–Crippen LogP) is 1.77. The van der Waals surface area contributed by atoms with Crippen LogP contribution in [-0.2, 0) is 4.74 Å². The lowest BCUT2D eigenvalue weighted by molar-refractivity contribution is -0.105. The fraction of sp³-hybridized carbons (Fsp3) is 0.917. The highest BCUT2D eigenvalue weighted by molar-refractivity contribution is 5.69. The number of hydrogen-bond acceptors (Lipinski definition) is 3. The molecule has 0 aromatic heterocycles. The van der Waals surface area contributed by atoms with Crippen molar-refractivity contribution in [2.75, 3.05) is 13.1 Å². The topological polar surface area (TPSA) is 49.8 Å². The number of amides is 1. The van der Waals surface area contributed by atoms with Gasteiger partial charge in [-0.15, -0.1) is 0 Å². The van der Waals surface area contributed by atoms with Crippen LogP contribution in [0.3, 0.4) is 0 Å². The van der Waals surface area contributed by atoms with Crippen molar-refractivity contribution in [3.8, 4) is 0 Å². The van der Waals surface area contributed by atoms with E-state index in [0.29, 0.717) is 19.0 Å². The molecule has 16 heavy (non-hydrogen) atoms. The molecule has 0 unspecified atom stereocenters. The Hall–Kier alpha value is -0.770. The number of hydrogen-bond donors (Lipinski definition) is 1. The average Bonchev–Trinajstić information content (AvgIpc) is 2.80. The van der Waals surface area contributed by atoms with Gasteiger partial charge in [-0.3, -0.25) is 0 Å². The first-order chi connectivity index (χ1) is 7.27. The highest BCUT2D eigenvalue weighted by Gasteiger charge is 2.47. The Morgan fingerprint density at radius 3 is 2.44 bits per heavy atom. The molecule has 0 radical (unpaired) electrons. The molecule has 2 rings (SSSR count). The van der Waals surface area contributed by atoms with E-state index in [1.165, 1.54) is 12.8 Å². The lowest BCUT2D eigenvalue weighted by atomic mass is 9.89. The van der Waals surface area contributed by atoms with E-state index >= 15 is 0 Å². The average molecular weight is 227 g/mol. The van der Waals surface area contributed by atoms with E-state index in [4.69, 9.17) is 4.74 Å². The fourth-order valence-corrected chi connectivity index (χ4v) is 2.11. The summed E-state index contributed by atoms with van der Waals surface area (Å²) in [5, 5.41) is 10.1. The molecule has 1 heterocycles. The van der Waals surface area contributed by atoms with Crippen LogP contribution in [0.4, 0.5) is 4.79 Å². The van der Waals surface area contributed by atoms with Crippen molar-refractivity contribution in [3.63, 3.8) is 0 Å². The van der Waals surface area contributed by atoms with Crippen molar-refractivity contribution in [1.82, 2.24) is 4.90 Å². The summed E-state index contributed by atoms with van der Waals surface area (Å²) in [7, 11) is 0. The van der Waals surface area contributed by atoms with E-state index in [-0.39, 0.29) is 6.09 Å². The van der Waals surface area contributed by atoms with Gasteiger partial charge in [0.1, 0.15) is 11.2 Å². The fourth-order valence-electron chi connectivity index (χ4n) is 2.11. The standard InChI is InChI=1S/C12H21NO3/c1-11(2,3)16-10(14)13-7-12(15,8-13)6-9-4-5-9/h9,15H,4-8H2,1-3H3. The van der Waals surface area contributed by atoms with Crippen LogP contribution in [0.5, 0.6) is 0 Å². The van der Waals surface area contributed by atoms with Crippen LogP contribution in [0, 0.1) is 5.92 Å². The Morgan fingerprint density at radius 1 is 1.44 bits per heavy atom. The number of β-amino-alcohol motifs (C(OH)–C–C–N with tert-alkyl or cyclic N) is 1. The zero-order valence-corrected chi connectivity index (χ0v) is 10.3. The highest BCUT2D eigenvalue weighted by atomic mass is 16.6. The molecule has 2 aliphatic rings. The Bertz CT molecular complexity index is 285. The van der Waals surface area contributed by atoms with Crippen molar-refractivity contribution in [3.05, 3.63) is 0 Å². The van der Waals surface area contributed by atoms with Crippen molar-refractivity contribution >= 4 is 6.09 Å². The molecular formula is C12H21NO3. The zero-order valence-electron chi connectivity index (χ0n) is 10.3. The zero-order chi connectivity index (χ0) is 12.0. The molecule has 1 aliphatic heterocycles. The van der Waals surface area contributed by atoms with Crippen LogP contribution in [0.1, 0.15) is 40.0 Å². The van der Waals surface area contributed by atoms with Gasteiger partial charge < -0.3 is 14.7 Å². The monoisotopic (exact) mass is 227 g/mol. The third-order valence-corrected chi connectivity index (χ3v) is 2.99. The highest BCUT2D eigenvalue weighted by Crippen LogP contribution is 2.40. The van der Waals surface area contributed by atoms with Gasteiger partial charge in [0, 0.05) is 0 Å². The number of nitrogens with zero attached hydrogens (tertiary/aromatic N) is 1. The predicted molar refractivity (Wildman–Crippen MR) is 60.1 cm³/mol. The molecule has 0 bridgehead atoms. The third-order valence-electron chi connectivity index (χ3n) is 2.99. The lowest BCUT2D eigenvalue weighted by Gasteiger charge is -2.46. The molecule has 0 aromatic rings. The molecule has 1 saturated carbocycles. The van der Waals surface area contributed by atoms with Gasteiger partial charge >= 0.3 is 6.09 Å². The van der Waals surface area contributed by atoms with Gasteiger partial charge in [-0.25, -0.2) is 4.79 Å². The van der Waals surface area contributed by atoms with E-state index in [1.807, 2.05) is 20.8 Å². The van der Waals surface area contributed by atoms with Crippen LogP contribution < -0.4 is 0 Å². The number of rotatable bonds is 2. The quantitative estimate of drug-likeness (QED) is 0.782. The van der Waals surface area contributed by atoms with Crippen molar-refractivity contribution < 1.29 is 14.6 Å². The molecule has 1 aliphatic carbocycles. The van der Waals surface area contributed by atoms with Gasteiger partial charge in [0.05, 0.1) is 13.1 Å². The van der Waals surface area contributed by atoms with Gasteiger partial charge in [0.25, 0.3) is 0 Å². The van der Waals surface area contributed by atoms with E-state index in [0.717, 1.165) is 6.42 Å². The van der Waals surface area contributed by atoms with Crippen LogP contribution in [-0.4, -0.2) is 40.4 Å². The summed E-state index contributed by atoms with van der Waals surface area (Å²) < 4.78 is 5.23. The van der Waals surface area contributed by atoms with Gasteiger partial charge in [0.2, 0.25) is 0 Å². The molecule has 0 aromatic carbocycles. The Balaban J connectivity index is 1.76. The maximum atomic E-state index is 11.6. The van der Waals surface area contributed by atoms with Crippen molar-refractivity contribution in [2.24, 2.45) is 5.92 Å². The molecular weight excluding hydrogens is 206 g/mol. The van der Waals surface area contributed by atoms with Gasteiger partial charge in [-0.1, -0.05) is 12.8 Å². The van der Waals surface area contributed by atoms with Crippen LogP contribution in [0.2, 0.25) is 0 Å². The molecule has 1 amide bonds. The number of likely N-dealkylation sites (tertiary alicyclic amines) is 1. The Morgan fingerprint density at radius 2 is 2.00 bits per heavy atom. The first kappa shape index (κ1) is 11.7. The maximum absolute atomic E-state index is 11.6. The van der Waals surface area contributed by atoms with Crippen molar-refractivity contribution in [1.29, 1.82) is 0 Å². The van der Waals surface area contributed by atoms with Crippen LogP contribution in [0.15, 0.2) is 0 Å². The van der Waals surface area contributed by atoms with Gasteiger partial charge in [-0.05, 0) is 33.1 Å². The number of aliphatic hydroxyl groups is 1. The smallest absolute Gasteiger partial charge is 0.410 e. The first-order valence-corrected chi connectivity index (χ1v) is 5.98. The second-order valence-corrected chi connectivity index (χ2v) is 6.21. The van der Waals surface area contributed by atoms with Gasteiger partial charge in [-0.2, -0.15) is 0 Å². The number of ether oxygens (including phenoxy) is 1. The lowest BCUT2D eigenvalue weighted by Crippen LogP contribution is -2.64. The number of carbonyl (C=O) groups excluding carboxylic acids is 1. The number of carbonyl (C=O) groups is 1. The van der Waals surface area contributed by atoms with E-state index in [9.17, 15) is 9.90 Å². The van der Waals surface area contributed by atoms with Gasteiger partial charge in [0.15, 0.2) is 0 Å². The minimum Gasteiger partial charge on any atom is -0.444 e. The summed E-state index contributed by atoms with van der Waals surface area (Å²) in [6, 6.07) is 0. The molecule has 4 heteroatoms. The molecule has 92 valence electrons. The minimum absolute atomic E-state index is 0.312. The van der Waals surface area contributed by atoms with E-state index in [1.54, 1.807) is 4.90 Å². The summed E-state index contributed by atoms with van der Waals surface area (Å²) >= 11 is 0. The molecule has 1 N–H and O–H groups in total. The summed E-state index contributed by atoms with van der Waals surface area (Å²) in [6.45, 7) is 6.40. The summed E-state index contributed by atoms with van der Waals surface area (Å²) in [4.78, 5) is 13.2. The van der Waals surface area contributed by atoms with E-state index in [2.05, 4.69) is 0 Å². The van der Waals surface area contributed by atoms with Crippen molar-refractivity contribution in [2.45, 2.75) is 51.2 Å². The molecule has 2 fully saturated rings. The Kier molecular flexibility index (Phi) is 2.65. The molecule has 1 saturated heterocycles. The van der Waals surface area contributed by atoms with Crippen LogP contribution >= 0.6 is 0 Å². The van der Waals surface area contributed by atoms with E-state index < -0.39 is 11.2 Å². The summed E-state index contributed by atoms with van der Waals surface area (Å²) in [5.74, 6) is 0.686. The summed E-state index contributed by atoms with van der Waals surface area (Å²) in [5.41, 5.74) is -1.10. The minimum atomic E-state index is -0.641. The SMILES string of the molecule is CC(C)(C)OC(=O)N1CC(O)(CC2CC2)C1.